The molecule has 0 bridgehead atoms. The molecule has 3 aromatic rings. The number of hydrogen-bond donors (Lipinski definition) is 0. The third kappa shape index (κ3) is 2.04. The smallest absolute Gasteiger partial charge is 0.0493 e. The zero-order valence-electron chi connectivity index (χ0n) is 11.2. The zero-order chi connectivity index (χ0) is 13.4. The number of para-hydroxylation sites is 1. The highest BCUT2D eigenvalue weighted by atomic mass is 35.5. The minimum Gasteiger partial charge on any atom is -0.340 e. The van der Waals surface area contributed by atoms with E-state index in [0.29, 0.717) is 0 Å². The lowest BCUT2D eigenvalue weighted by atomic mass is 10.2. The molecular weight excluding hydrogens is 254 g/mol. The molecule has 0 fully saturated rings. The maximum absolute atomic E-state index is 6.27. The molecule has 0 aliphatic heterocycles. The lowest BCUT2D eigenvalue weighted by Crippen LogP contribution is -2.02. The van der Waals surface area contributed by atoms with Gasteiger partial charge in [0.25, 0.3) is 0 Å². The van der Waals surface area contributed by atoms with Crippen molar-refractivity contribution in [2.24, 2.45) is 0 Å². The number of nitrogens with zero attached hydrogens (tertiary/aromatic N) is 1. The van der Waals surface area contributed by atoms with Crippen LogP contribution in [0, 0.1) is 13.8 Å². The van der Waals surface area contributed by atoms with E-state index in [1.807, 2.05) is 18.2 Å². The molecule has 1 nitrogen and oxygen atoms in total. The molecule has 1 aromatic heterocycles. The van der Waals surface area contributed by atoms with Crippen LogP contribution in [0.25, 0.3) is 10.9 Å². The summed E-state index contributed by atoms with van der Waals surface area (Å²) in [5, 5.41) is 2.16. The highest BCUT2D eigenvalue weighted by molar-refractivity contribution is 6.31. The molecule has 0 amide bonds. The Morgan fingerprint density at radius 3 is 2.42 bits per heavy atom. The highest BCUT2D eigenvalue weighted by Crippen LogP contribution is 2.27. The van der Waals surface area contributed by atoms with E-state index in [1.54, 1.807) is 0 Å². The second-order valence-electron chi connectivity index (χ2n) is 4.91. The Kier molecular flexibility index (Phi) is 3.08. The summed E-state index contributed by atoms with van der Waals surface area (Å²) >= 11 is 6.27. The minimum absolute atomic E-state index is 0.819. The van der Waals surface area contributed by atoms with Crippen LogP contribution in [0.1, 0.15) is 16.8 Å². The number of hydrogen-bond acceptors (Lipinski definition) is 0. The highest BCUT2D eigenvalue weighted by Gasteiger charge is 2.11. The Morgan fingerprint density at radius 2 is 1.63 bits per heavy atom. The van der Waals surface area contributed by atoms with Crippen LogP contribution in [0.5, 0.6) is 0 Å². The number of benzene rings is 2. The van der Waals surface area contributed by atoms with Crippen LogP contribution in [-0.4, -0.2) is 4.57 Å². The second-order valence-corrected chi connectivity index (χ2v) is 5.31. The van der Waals surface area contributed by atoms with Gasteiger partial charge < -0.3 is 4.57 Å². The molecule has 0 unspecified atom stereocenters. The summed E-state index contributed by atoms with van der Waals surface area (Å²) in [6.45, 7) is 5.17. The molecule has 19 heavy (non-hydrogen) atoms. The zero-order valence-corrected chi connectivity index (χ0v) is 11.9. The normalized spacial score (nSPS) is 11.1. The maximum Gasteiger partial charge on any atom is 0.0493 e. The van der Waals surface area contributed by atoms with E-state index < -0.39 is 0 Å². The van der Waals surface area contributed by atoms with E-state index in [0.717, 1.165) is 17.1 Å². The number of fused-ring (bicyclic) bond motifs is 1. The third-order valence-electron chi connectivity index (χ3n) is 3.83. The summed E-state index contributed by atoms with van der Waals surface area (Å²) in [5.74, 6) is 0. The SMILES string of the molecule is Cc1c(C)n(Cc2ccccc2Cl)c2ccccc12. The molecule has 0 aliphatic rings. The van der Waals surface area contributed by atoms with E-state index in [2.05, 4.69) is 48.7 Å². The fourth-order valence-corrected chi connectivity index (χ4v) is 2.80. The molecule has 1 heterocycles. The van der Waals surface area contributed by atoms with Gasteiger partial charge in [0.2, 0.25) is 0 Å². The molecule has 0 saturated carbocycles. The molecule has 0 spiro atoms. The minimum atomic E-state index is 0.819. The van der Waals surface area contributed by atoms with Crippen molar-refractivity contribution in [3.8, 4) is 0 Å². The van der Waals surface area contributed by atoms with E-state index in [4.69, 9.17) is 11.6 Å². The monoisotopic (exact) mass is 269 g/mol. The standard InChI is InChI=1S/C17H16ClN/c1-12-13(2)19(17-10-6-4-8-15(12)17)11-14-7-3-5-9-16(14)18/h3-10H,11H2,1-2H3. The van der Waals surface area contributed by atoms with Crippen LogP contribution in [0.3, 0.4) is 0 Å². The third-order valence-corrected chi connectivity index (χ3v) is 4.20. The number of rotatable bonds is 2. The van der Waals surface area contributed by atoms with Gasteiger partial charge in [0.15, 0.2) is 0 Å². The Balaban J connectivity index is 2.16. The van der Waals surface area contributed by atoms with Gasteiger partial charge in [0.1, 0.15) is 0 Å². The van der Waals surface area contributed by atoms with Crippen molar-refractivity contribution in [1.29, 1.82) is 0 Å². The number of aryl methyl sites for hydroxylation is 1. The molecule has 3 rings (SSSR count). The molecule has 0 radical (unpaired) electrons. The second kappa shape index (κ2) is 4.75. The Hall–Kier alpha value is -1.73. The van der Waals surface area contributed by atoms with Gasteiger partial charge in [0.05, 0.1) is 0 Å². The summed E-state index contributed by atoms with van der Waals surface area (Å²) in [6.07, 6.45) is 0. The van der Waals surface area contributed by atoms with Crippen molar-refractivity contribution in [3.05, 3.63) is 70.4 Å². The average Bonchev–Trinajstić information content (AvgIpc) is 2.67. The van der Waals surface area contributed by atoms with Crippen molar-refractivity contribution in [2.45, 2.75) is 20.4 Å². The van der Waals surface area contributed by atoms with Gasteiger partial charge in [-0.2, -0.15) is 0 Å². The van der Waals surface area contributed by atoms with Crippen LogP contribution in [0.2, 0.25) is 5.02 Å². The first-order valence-corrected chi connectivity index (χ1v) is 6.84. The molecule has 0 atom stereocenters. The van der Waals surface area contributed by atoms with Gasteiger partial charge >= 0.3 is 0 Å². The number of halogens is 1. The molecule has 0 N–H and O–H groups in total. The average molecular weight is 270 g/mol. The topological polar surface area (TPSA) is 4.93 Å². The van der Waals surface area contributed by atoms with Crippen molar-refractivity contribution in [3.63, 3.8) is 0 Å². The molecular formula is C17H16ClN. The van der Waals surface area contributed by atoms with E-state index in [1.165, 1.54) is 22.2 Å². The van der Waals surface area contributed by atoms with Gasteiger partial charge in [-0.05, 0) is 37.1 Å². The summed E-state index contributed by atoms with van der Waals surface area (Å²) in [5.41, 5.74) is 5.09. The van der Waals surface area contributed by atoms with Gasteiger partial charge in [0, 0.05) is 28.2 Å². The molecule has 0 saturated heterocycles. The summed E-state index contributed by atoms with van der Waals surface area (Å²) < 4.78 is 2.34. The van der Waals surface area contributed by atoms with E-state index >= 15 is 0 Å². The quantitative estimate of drug-likeness (QED) is 0.620. The van der Waals surface area contributed by atoms with Crippen LogP contribution in [0.4, 0.5) is 0 Å². The fraction of sp³-hybridized carbons (Fsp3) is 0.176. The van der Waals surface area contributed by atoms with Gasteiger partial charge in [-0.3, -0.25) is 0 Å². The van der Waals surface area contributed by atoms with Gasteiger partial charge in [-0.15, -0.1) is 0 Å². The Bertz CT molecular complexity index is 740. The van der Waals surface area contributed by atoms with Crippen LogP contribution < -0.4 is 0 Å². The van der Waals surface area contributed by atoms with Crippen LogP contribution in [0.15, 0.2) is 48.5 Å². The van der Waals surface area contributed by atoms with E-state index in [9.17, 15) is 0 Å². The van der Waals surface area contributed by atoms with Crippen LogP contribution >= 0.6 is 11.6 Å². The molecule has 2 aromatic carbocycles. The summed E-state index contributed by atoms with van der Waals surface area (Å²) in [7, 11) is 0. The predicted molar refractivity (Wildman–Crippen MR) is 82.0 cm³/mol. The Labute approximate surface area is 118 Å². The lowest BCUT2D eigenvalue weighted by Gasteiger charge is -2.10. The maximum atomic E-state index is 6.27. The van der Waals surface area contributed by atoms with Crippen LogP contribution in [-0.2, 0) is 6.54 Å². The van der Waals surface area contributed by atoms with Gasteiger partial charge in [-0.25, -0.2) is 0 Å². The molecule has 2 heteroatoms. The Morgan fingerprint density at radius 1 is 0.947 bits per heavy atom. The van der Waals surface area contributed by atoms with E-state index in [-0.39, 0.29) is 0 Å². The van der Waals surface area contributed by atoms with Crippen molar-refractivity contribution in [1.82, 2.24) is 4.57 Å². The largest absolute Gasteiger partial charge is 0.340 e. The summed E-state index contributed by atoms with van der Waals surface area (Å²) in [6, 6.07) is 16.6. The first-order chi connectivity index (χ1) is 9.18. The van der Waals surface area contributed by atoms with Crippen molar-refractivity contribution >= 4 is 22.5 Å². The first kappa shape index (κ1) is 12.3. The predicted octanol–water partition coefficient (Wildman–Crippen LogP) is 4.96. The summed E-state index contributed by atoms with van der Waals surface area (Å²) in [4.78, 5) is 0. The molecule has 96 valence electrons. The lowest BCUT2D eigenvalue weighted by molar-refractivity contribution is 0.801. The first-order valence-electron chi connectivity index (χ1n) is 6.46. The van der Waals surface area contributed by atoms with Crippen molar-refractivity contribution in [2.75, 3.05) is 0 Å². The molecule has 0 aliphatic carbocycles. The number of aromatic nitrogens is 1. The van der Waals surface area contributed by atoms with Gasteiger partial charge in [-0.1, -0.05) is 48.0 Å². The fourth-order valence-electron chi connectivity index (χ4n) is 2.60. The van der Waals surface area contributed by atoms with Crippen molar-refractivity contribution < 1.29 is 0 Å².